The quantitative estimate of drug-likeness (QED) is 0.741. The Morgan fingerprint density at radius 2 is 1.57 bits per heavy atom. The van der Waals surface area contributed by atoms with E-state index >= 15 is 0 Å². The highest BCUT2D eigenvalue weighted by Gasteiger charge is 2.30. The standard InChI is InChI=1S/C20H29N5O3/c1-2-21-19(27)23-17-7-5-6-16(14-17)22-18(26)15-8-12-25(13-9-15)20(28)24-10-3-4-11-24/h5-7,14-15H,2-4,8-13H2,1H3,(H,22,26)(H2,21,23,27). The van der Waals surface area contributed by atoms with Crippen molar-refractivity contribution < 1.29 is 14.4 Å². The lowest BCUT2D eigenvalue weighted by Crippen LogP contribution is -2.47. The maximum atomic E-state index is 12.6. The van der Waals surface area contributed by atoms with Gasteiger partial charge in [0.15, 0.2) is 0 Å². The second kappa shape index (κ2) is 9.43. The van der Waals surface area contributed by atoms with Crippen LogP contribution in [-0.2, 0) is 4.79 Å². The minimum absolute atomic E-state index is 0.0385. The van der Waals surface area contributed by atoms with Gasteiger partial charge in [-0.1, -0.05) is 6.07 Å². The van der Waals surface area contributed by atoms with Gasteiger partial charge >= 0.3 is 12.1 Å². The van der Waals surface area contributed by atoms with Crippen LogP contribution >= 0.6 is 0 Å². The van der Waals surface area contributed by atoms with Gasteiger partial charge in [-0.3, -0.25) is 4.79 Å². The number of urea groups is 2. The number of benzene rings is 1. The summed E-state index contributed by atoms with van der Waals surface area (Å²) in [7, 11) is 0. The molecular formula is C20H29N5O3. The highest BCUT2D eigenvalue weighted by Crippen LogP contribution is 2.22. The Hall–Kier alpha value is -2.77. The maximum Gasteiger partial charge on any atom is 0.319 e. The Morgan fingerprint density at radius 1 is 0.964 bits per heavy atom. The van der Waals surface area contributed by atoms with Gasteiger partial charge in [0.25, 0.3) is 0 Å². The first-order valence-corrected chi connectivity index (χ1v) is 10.1. The van der Waals surface area contributed by atoms with Crippen molar-refractivity contribution >= 4 is 29.3 Å². The van der Waals surface area contributed by atoms with Gasteiger partial charge in [0, 0.05) is 50.0 Å². The van der Waals surface area contributed by atoms with Crippen molar-refractivity contribution in [2.24, 2.45) is 5.92 Å². The minimum Gasteiger partial charge on any atom is -0.338 e. The molecule has 2 aliphatic rings. The third-order valence-electron chi connectivity index (χ3n) is 5.24. The normalized spacial score (nSPS) is 17.3. The van der Waals surface area contributed by atoms with Crippen LogP contribution < -0.4 is 16.0 Å². The van der Waals surface area contributed by atoms with Gasteiger partial charge in [0.05, 0.1) is 0 Å². The van der Waals surface area contributed by atoms with E-state index in [-0.39, 0.29) is 23.9 Å². The zero-order chi connectivity index (χ0) is 19.9. The number of rotatable bonds is 4. The van der Waals surface area contributed by atoms with E-state index in [0.717, 1.165) is 25.9 Å². The van der Waals surface area contributed by atoms with Crippen molar-refractivity contribution in [1.29, 1.82) is 0 Å². The maximum absolute atomic E-state index is 12.6. The molecule has 8 nitrogen and oxygen atoms in total. The molecule has 0 spiro atoms. The van der Waals surface area contributed by atoms with Crippen LogP contribution in [0.15, 0.2) is 24.3 Å². The number of nitrogens with zero attached hydrogens (tertiary/aromatic N) is 2. The smallest absolute Gasteiger partial charge is 0.319 e. The fourth-order valence-corrected chi connectivity index (χ4v) is 3.70. The summed E-state index contributed by atoms with van der Waals surface area (Å²) in [6.45, 7) is 5.32. The lowest BCUT2D eigenvalue weighted by molar-refractivity contribution is -0.121. The molecule has 2 fully saturated rings. The SMILES string of the molecule is CCNC(=O)Nc1cccc(NC(=O)C2CCN(C(=O)N3CCCC3)CC2)c1. The van der Waals surface area contributed by atoms with Crippen LogP contribution in [-0.4, -0.2) is 60.5 Å². The zero-order valence-electron chi connectivity index (χ0n) is 16.4. The van der Waals surface area contributed by atoms with E-state index in [4.69, 9.17) is 0 Å². The van der Waals surface area contributed by atoms with Crippen molar-refractivity contribution in [3.63, 3.8) is 0 Å². The molecule has 2 saturated heterocycles. The van der Waals surface area contributed by atoms with Gasteiger partial charge in [0.1, 0.15) is 0 Å². The third-order valence-corrected chi connectivity index (χ3v) is 5.24. The molecule has 3 rings (SSSR count). The number of carbonyl (C=O) groups is 3. The molecule has 0 saturated carbocycles. The van der Waals surface area contributed by atoms with Crippen LogP contribution in [0.4, 0.5) is 21.0 Å². The summed E-state index contributed by atoms with van der Waals surface area (Å²) in [5.74, 6) is -0.147. The summed E-state index contributed by atoms with van der Waals surface area (Å²) in [6, 6.07) is 6.93. The van der Waals surface area contributed by atoms with E-state index in [1.54, 1.807) is 24.3 Å². The number of likely N-dealkylation sites (tertiary alicyclic amines) is 2. The third kappa shape index (κ3) is 5.15. The second-order valence-electron chi connectivity index (χ2n) is 7.29. The predicted octanol–water partition coefficient (Wildman–Crippen LogP) is 2.69. The van der Waals surface area contributed by atoms with Crippen molar-refractivity contribution in [3.8, 4) is 0 Å². The number of nitrogens with one attached hydrogen (secondary N) is 3. The number of hydrogen-bond acceptors (Lipinski definition) is 3. The summed E-state index contributed by atoms with van der Waals surface area (Å²) < 4.78 is 0. The van der Waals surface area contributed by atoms with E-state index in [1.807, 2.05) is 16.7 Å². The number of amides is 5. The molecule has 28 heavy (non-hydrogen) atoms. The number of carbonyl (C=O) groups excluding carboxylic acids is 3. The van der Waals surface area contributed by atoms with Crippen molar-refractivity contribution in [1.82, 2.24) is 15.1 Å². The predicted molar refractivity (Wildman–Crippen MR) is 108 cm³/mol. The molecule has 0 radical (unpaired) electrons. The Balaban J connectivity index is 1.49. The largest absolute Gasteiger partial charge is 0.338 e. The van der Waals surface area contributed by atoms with Crippen LogP contribution in [0.5, 0.6) is 0 Å². The van der Waals surface area contributed by atoms with Crippen LogP contribution in [0.2, 0.25) is 0 Å². The van der Waals surface area contributed by atoms with Crippen LogP contribution in [0.1, 0.15) is 32.6 Å². The van der Waals surface area contributed by atoms with Crippen LogP contribution in [0.3, 0.4) is 0 Å². The molecule has 1 aromatic carbocycles. The molecule has 1 aromatic rings. The average Bonchev–Trinajstić information content (AvgIpc) is 3.23. The van der Waals surface area contributed by atoms with Gasteiger partial charge in [-0.15, -0.1) is 0 Å². The van der Waals surface area contributed by atoms with Crippen LogP contribution in [0, 0.1) is 5.92 Å². The molecule has 5 amide bonds. The van der Waals surface area contributed by atoms with Crippen molar-refractivity contribution in [2.75, 3.05) is 43.4 Å². The molecule has 152 valence electrons. The van der Waals surface area contributed by atoms with Gasteiger partial charge in [-0.05, 0) is 50.8 Å². The average molecular weight is 387 g/mol. The van der Waals surface area contributed by atoms with Gasteiger partial charge in [0.2, 0.25) is 5.91 Å². The Morgan fingerprint density at radius 3 is 2.21 bits per heavy atom. The number of piperidine rings is 1. The first-order chi connectivity index (χ1) is 13.6. The van der Waals surface area contributed by atoms with E-state index in [9.17, 15) is 14.4 Å². The number of hydrogen-bond donors (Lipinski definition) is 3. The highest BCUT2D eigenvalue weighted by atomic mass is 16.2. The topological polar surface area (TPSA) is 93.8 Å². The fourth-order valence-electron chi connectivity index (χ4n) is 3.70. The molecule has 0 aromatic heterocycles. The lowest BCUT2D eigenvalue weighted by atomic mass is 9.96. The van der Waals surface area contributed by atoms with Gasteiger partial charge in [-0.2, -0.15) is 0 Å². The van der Waals surface area contributed by atoms with Crippen molar-refractivity contribution in [3.05, 3.63) is 24.3 Å². The highest BCUT2D eigenvalue weighted by molar-refractivity contribution is 5.94. The van der Waals surface area contributed by atoms with Gasteiger partial charge < -0.3 is 25.8 Å². The first-order valence-electron chi connectivity index (χ1n) is 10.1. The Bertz CT molecular complexity index is 710. The molecular weight excluding hydrogens is 358 g/mol. The molecule has 3 N–H and O–H groups in total. The lowest BCUT2D eigenvalue weighted by Gasteiger charge is -2.34. The molecule has 0 atom stereocenters. The summed E-state index contributed by atoms with van der Waals surface area (Å²) in [4.78, 5) is 40.5. The molecule has 0 aliphatic carbocycles. The van der Waals surface area contributed by atoms with Crippen molar-refractivity contribution in [2.45, 2.75) is 32.6 Å². The second-order valence-corrected chi connectivity index (χ2v) is 7.29. The molecule has 0 unspecified atom stereocenters. The summed E-state index contributed by atoms with van der Waals surface area (Å²) >= 11 is 0. The van der Waals surface area contributed by atoms with Crippen LogP contribution in [0.25, 0.3) is 0 Å². The van der Waals surface area contributed by atoms with Gasteiger partial charge in [-0.25, -0.2) is 9.59 Å². The molecule has 2 aliphatic heterocycles. The summed E-state index contributed by atoms with van der Waals surface area (Å²) in [5, 5.41) is 8.33. The monoisotopic (exact) mass is 387 g/mol. The van der Waals surface area contributed by atoms with E-state index in [2.05, 4.69) is 16.0 Å². The van der Waals surface area contributed by atoms with E-state index in [0.29, 0.717) is 43.9 Å². The Labute approximate surface area is 165 Å². The molecule has 2 heterocycles. The fraction of sp³-hybridized carbons (Fsp3) is 0.550. The summed E-state index contributed by atoms with van der Waals surface area (Å²) in [6.07, 6.45) is 3.50. The molecule has 8 heteroatoms. The van der Waals surface area contributed by atoms with E-state index in [1.165, 1.54) is 0 Å². The first kappa shape index (κ1) is 20.0. The minimum atomic E-state index is -0.277. The Kier molecular flexibility index (Phi) is 6.73. The molecule has 0 bridgehead atoms. The zero-order valence-corrected chi connectivity index (χ0v) is 16.4. The number of anilines is 2. The summed E-state index contributed by atoms with van der Waals surface area (Å²) in [5.41, 5.74) is 1.27. The van der Waals surface area contributed by atoms with E-state index < -0.39 is 0 Å².